The number of amidine groups is 1. The van der Waals surface area contributed by atoms with Crippen molar-refractivity contribution in [1.29, 1.82) is 5.41 Å². The number of nitrogen functional groups attached to an aromatic ring is 1. The van der Waals surface area contributed by atoms with Gasteiger partial charge in [-0.1, -0.05) is 30.3 Å². The van der Waals surface area contributed by atoms with Crippen molar-refractivity contribution in [1.82, 2.24) is 14.8 Å². The van der Waals surface area contributed by atoms with Crippen LogP contribution in [0.1, 0.15) is 27.2 Å². The molecule has 1 aliphatic rings. The summed E-state index contributed by atoms with van der Waals surface area (Å²) in [5.74, 6) is 0.0532. The zero-order valence-corrected chi connectivity index (χ0v) is 16.0. The van der Waals surface area contributed by atoms with E-state index in [0.29, 0.717) is 24.2 Å². The summed E-state index contributed by atoms with van der Waals surface area (Å²) in [7, 11) is 0. The lowest BCUT2D eigenvalue weighted by atomic mass is 10.1. The van der Waals surface area contributed by atoms with Crippen molar-refractivity contribution >= 4 is 22.6 Å². The number of carbonyl (C=O) groups excluding carboxylic acids is 1. The molecular weight excluding hydrogens is 350 g/mol. The average Bonchev–Trinajstić information content (AvgIpc) is 3.03. The predicted molar refractivity (Wildman–Crippen MR) is 112 cm³/mol. The summed E-state index contributed by atoms with van der Waals surface area (Å²) < 4.78 is 0. The summed E-state index contributed by atoms with van der Waals surface area (Å²) in [6, 6.07) is 15.9. The van der Waals surface area contributed by atoms with Crippen molar-refractivity contribution < 1.29 is 4.79 Å². The van der Waals surface area contributed by atoms with Gasteiger partial charge in [0.1, 0.15) is 5.84 Å². The van der Waals surface area contributed by atoms with E-state index in [2.05, 4.69) is 34.1 Å². The average molecular weight is 375 g/mol. The normalized spacial score (nSPS) is 15.1. The lowest BCUT2D eigenvalue weighted by Gasteiger charge is -2.34. The Bertz CT molecular complexity index is 1020. The zero-order valence-electron chi connectivity index (χ0n) is 16.0. The zero-order chi connectivity index (χ0) is 19.7. The first-order chi connectivity index (χ1) is 13.5. The standard InChI is InChI=1S/C22H25N5O/c1-15-20(18-13-17(21(23)24)7-8-19(18)25-15)22(28)27-11-9-26(10-12-27)14-16-5-3-2-4-6-16/h2-8,13,25H,9-12,14H2,1H3,(H3,23,24). The molecule has 4 rings (SSSR count). The third-order valence-corrected chi connectivity index (χ3v) is 5.42. The Morgan fingerprint density at radius 1 is 1.11 bits per heavy atom. The molecule has 0 unspecified atom stereocenters. The van der Waals surface area contributed by atoms with Crippen molar-refractivity contribution in [2.75, 3.05) is 26.2 Å². The van der Waals surface area contributed by atoms with E-state index in [-0.39, 0.29) is 11.7 Å². The largest absolute Gasteiger partial charge is 0.384 e. The summed E-state index contributed by atoms with van der Waals surface area (Å²) in [6.07, 6.45) is 0. The first-order valence-corrected chi connectivity index (χ1v) is 9.55. The molecule has 2 aromatic carbocycles. The molecule has 0 aliphatic carbocycles. The van der Waals surface area contributed by atoms with Crippen LogP contribution in [0.25, 0.3) is 10.9 Å². The number of piperazine rings is 1. The van der Waals surface area contributed by atoms with Crippen LogP contribution >= 0.6 is 0 Å². The second kappa shape index (κ2) is 7.48. The molecule has 2 heterocycles. The van der Waals surface area contributed by atoms with Crippen LogP contribution in [0.15, 0.2) is 48.5 Å². The van der Waals surface area contributed by atoms with Crippen LogP contribution in [0.2, 0.25) is 0 Å². The molecule has 28 heavy (non-hydrogen) atoms. The fraction of sp³-hybridized carbons (Fsp3) is 0.273. The number of aromatic amines is 1. The van der Waals surface area contributed by atoms with Crippen LogP contribution in [0.3, 0.4) is 0 Å². The fourth-order valence-corrected chi connectivity index (χ4v) is 3.88. The number of hydrogen-bond acceptors (Lipinski definition) is 3. The Labute approximate surface area is 164 Å². The Kier molecular flexibility index (Phi) is 4.88. The SMILES string of the molecule is Cc1[nH]c2ccc(C(=N)N)cc2c1C(=O)N1CCN(Cc2ccccc2)CC1. The maximum absolute atomic E-state index is 13.2. The summed E-state index contributed by atoms with van der Waals surface area (Å²) in [4.78, 5) is 20.8. The van der Waals surface area contributed by atoms with Gasteiger partial charge in [0.05, 0.1) is 5.56 Å². The quantitative estimate of drug-likeness (QED) is 0.484. The van der Waals surface area contributed by atoms with Crippen LogP contribution in [0.5, 0.6) is 0 Å². The van der Waals surface area contributed by atoms with Gasteiger partial charge in [-0.2, -0.15) is 0 Å². The maximum atomic E-state index is 13.2. The van der Waals surface area contributed by atoms with Gasteiger partial charge in [0.2, 0.25) is 0 Å². The number of carbonyl (C=O) groups is 1. The molecule has 0 atom stereocenters. The maximum Gasteiger partial charge on any atom is 0.256 e. The minimum absolute atomic E-state index is 0.00804. The highest BCUT2D eigenvalue weighted by molar-refractivity contribution is 6.10. The molecule has 1 fully saturated rings. The summed E-state index contributed by atoms with van der Waals surface area (Å²) >= 11 is 0. The molecule has 1 amide bonds. The van der Waals surface area contributed by atoms with Crippen molar-refractivity contribution in [3.63, 3.8) is 0 Å². The summed E-state index contributed by atoms with van der Waals surface area (Å²) in [6.45, 7) is 5.99. The van der Waals surface area contributed by atoms with Crippen LogP contribution < -0.4 is 5.73 Å². The van der Waals surface area contributed by atoms with Crippen molar-refractivity contribution in [3.8, 4) is 0 Å². The van der Waals surface area contributed by atoms with Gasteiger partial charge in [-0.3, -0.25) is 15.1 Å². The minimum Gasteiger partial charge on any atom is -0.384 e. The van der Waals surface area contributed by atoms with E-state index in [1.807, 2.05) is 30.0 Å². The van der Waals surface area contributed by atoms with E-state index in [1.165, 1.54) is 5.56 Å². The van der Waals surface area contributed by atoms with Gasteiger partial charge in [-0.15, -0.1) is 0 Å². The number of nitrogens with zero attached hydrogens (tertiary/aromatic N) is 2. The molecule has 3 aromatic rings. The number of fused-ring (bicyclic) bond motifs is 1. The van der Waals surface area contributed by atoms with Crippen molar-refractivity contribution in [2.45, 2.75) is 13.5 Å². The number of aryl methyl sites for hydroxylation is 1. The third kappa shape index (κ3) is 3.51. The molecule has 0 bridgehead atoms. The molecule has 1 saturated heterocycles. The van der Waals surface area contributed by atoms with E-state index < -0.39 is 0 Å². The van der Waals surface area contributed by atoms with E-state index >= 15 is 0 Å². The molecule has 1 aliphatic heterocycles. The number of nitrogens with two attached hydrogens (primary N) is 1. The van der Waals surface area contributed by atoms with E-state index in [0.717, 1.165) is 36.2 Å². The topological polar surface area (TPSA) is 89.2 Å². The van der Waals surface area contributed by atoms with Gasteiger partial charge in [0.25, 0.3) is 5.91 Å². The van der Waals surface area contributed by atoms with Gasteiger partial charge in [0.15, 0.2) is 0 Å². The van der Waals surface area contributed by atoms with Gasteiger partial charge < -0.3 is 15.6 Å². The first kappa shape index (κ1) is 18.3. The predicted octanol–water partition coefficient (Wildman–Crippen LogP) is 2.72. The summed E-state index contributed by atoms with van der Waals surface area (Å²) in [5, 5.41) is 8.51. The number of H-pyrrole nitrogens is 1. The van der Waals surface area contributed by atoms with Crippen LogP contribution in [-0.4, -0.2) is 52.7 Å². The highest BCUT2D eigenvalue weighted by Crippen LogP contribution is 2.25. The molecule has 6 heteroatoms. The Balaban J connectivity index is 1.50. The number of hydrogen-bond donors (Lipinski definition) is 3. The molecule has 144 valence electrons. The number of aromatic nitrogens is 1. The second-order valence-electron chi connectivity index (χ2n) is 7.35. The molecule has 0 saturated carbocycles. The van der Waals surface area contributed by atoms with Crippen molar-refractivity contribution in [3.05, 3.63) is 70.9 Å². The van der Waals surface area contributed by atoms with Gasteiger partial charge in [0, 0.05) is 54.9 Å². The van der Waals surface area contributed by atoms with Crippen molar-refractivity contribution in [2.24, 2.45) is 5.73 Å². The first-order valence-electron chi connectivity index (χ1n) is 9.55. The molecular formula is C22H25N5O. The van der Waals surface area contributed by atoms with Gasteiger partial charge in [-0.25, -0.2) is 0 Å². The van der Waals surface area contributed by atoms with Gasteiger partial charge >= 0.3 is 0 Å². The molecule has 6 nitrogen and oxygen atoms in total. The fourth-order valence-electron chi connectivity index (χ4n) is 3.88. The Hall–Kier alpha value is -3.12. The van der Waals surface area contributed by atoms with Crippen LogP contribution in [0, 0.1) is 12.3 Å². The molecule has 0 spiro atoms. The molecule has 1 aromatic heterocycles. The minimum atomic E-state index is 0.00804. The Morgan fingerprint density at radius 3 is 2.50 bits per heavy atom. The molecule has 4 N–H and O–H groups in total. The lowest BCUT2D eigenvalue weighted by molar-refractivity contribution is 0.0629. The van der Waals surface area contributed by atoms with Gasteiger partial charge in [-0.05, 0) is 30.7 Å². The van der Waals surface area contributed by atoms with Crippen LogP contribution in [0.4, 0.5) is 0 Å². The number of rotatable bonds is 4. The number of benzene rings is 2. The smallest absolute Gasteiger partial charge is 0.256 e. The Morgan fingerprint density at radius 2 is 1.82 bits per heavy atom. The highest BCUT2D eigenvalue weighted by Gasteiger charge is 2.26. The van der Waals surface area contributed by atoms with E-state index in [9.17, 15) is 4.79 Å². The summed E-state index contributed by atoms with van der Waals surface area (Å²) in [5.41, 5.74) is 10.0. The molecule has 0 radical (unpaired) electrons. The lowest BCUT2D eigenvalue weighted by Crippen LogP contribution is -2.48. The monoisotopic (exact) mass is 375 g/mol. The van der Waals surface area contributed by atoms with E-state index in [1.54, 1.807) is 6.07 Å². The third-order valence-electron chi connectivity index (χ3n) is 5.42. The number of nitrogens with one attached hydrogen (secondary N) is 2. The second-order valence-corrected chi connectivity index (χ2v) is 7.35. The van der Waals surface area contributed by atoms with E-state index in [4.69, 9.17) is 11.1 Å². The van der Waals surface area contributed by atoms with Crippen LogP contribution in [-0.2, 0) is 6.54 Å². The number of amides is 1. The highest BCUT2D eigenvalue weighted by atomic mass is 16.2.